The predicted molar refractivity (Wildman–Crippen MR) is 119 cm³/mol. The summed E-state index contributed by atoms with van der Waals surface area (Å²) in [5, 5.41) is 2.73. The summed E-state index contributed by atoms with van der Waals surface area (Å²) in [6.45, 7) is 2.66. The molecule has 0 fully saturated rings. The molecule has 2 aromatic rings. The molecule has 0 radical (unpaired) electrons. The van der Waals surface area contributed by atoms with E-state index in [4.69, 9.17) is 9.47 Å². The molecule has 0 heterocycles. The Labute approximate surface area is 192 Å². The van der Waals surface area contributed by atoms with E-state index in [0.717, 1.165) is 0 Å². The molecule has 2 rings (SSSR count). The topological polar surface area (TPSA) is 77.1 Å². The van der Waals surface area contributed by atoms with Crippen LogP contribution in [0.15, 0.2) is 48.5 Å². The molecule has 0 spiro atoms. The number of rotatable bonds is 12. The zero-order chi connectivity index (χ0) is 24.4. The van der Waals surface area contributed by atoms with Gasteiger partial charge in [-0.25, -0.2) is 0 Å². The van der Waals surface area contributed by atoms with Crippen LogP contribution in [0.4, 0.5) is 8.78 Å². The fraction of sp³-hybridized carbons (Fsp3) is 0.417. The lowest BCUT2D eigenvalue weighted by atomic mass is 10.0. The van der Waals surface area contributed by atoms with Gasteiger partial charge in [0.25, 0.3) is 5.91 Å². The number of likely N-dealkylation sites (N-methyl/N-ethyl adjacent to an activating group) is 1. The van der Waals surface area contributed by atoms with Gasteiger partial charge in [0.2, 0.25) is 5.91 Å². The quantitative estimate of drug-likeness (QED) is 0.516. The van der Waals surface area contributed by atoms with E-state index < -0.39 is 18.6 Å². The molecule has 0 aliphatic carbocycles. The molecule has 9 heteroatoms. The Balaban J connectivity index is 2.02. The first kappa shape index (κ1) is 25.9. The van der Waals surface area contributed by atoms with Crippen molar-refractivity contribution in [3.05, 3.63) is 54.1 Å². The summed E-state index contributed by atoms with van der Waals surface area (Å²) < 4.78 is 40.5. The monoisotopic (exact) mass is 464 g/mol. The summed E-state index contributed by atoms with van der Waals surface area (Å²) >= 11 is 0. The van der Waals surface area contributed by atoms with Crippen LogP contribution < -0.4 is 19.5 Å². The van der Waals surface area contributed by atoms with Crippen LogP contribution in [0.5, 0.6) is 17.2 Å². The van der Waals surface area contributed by atoms with Gasteiger partial charge in [-0.2, -0.15) is 8.78 Å². The van der Waals surface area contributed by atoms with Crippen molar-refractivity contribution in [3.8, 4) is 17.2 Å². The van der Waals surface area contributed by atoms with Crippen LogP contribution in [-0.2, 0) is 16.1 Å². The number of carbonyl (C=O) groups excluding carboxylic acids is 2. The maximum atomic E-state index is 13.0. The Morgan fingerprint density at radius 3 is 2.33 bits per heavy atom. The number of halogens is 2. The van der Waals surface area contributed by atoms with Crippen molar-refractivity contribution >= 4 is 11.8 Å². The molecule has 2 amide bonds. The molecular formula is C24H30F2N2O5. The van der Waals surface area contributed by atoms with Crippen LogP contribution in [0, 0.1) is 5.92 Å². The minimum absolute atomic E-state index is 0.0738. The molecule has 0 aromatic heterocycles. The molecule has 0 aliphatic heterocycles. The molecule has 33 heavy (non-hydrogen) atoms. The molecule has 7 nitrogen and oxygen atoms in total. The van der Waals surface area contributed by atoms with E-state index in [9.17, 15) is 18.4 Å². The highest BCUT2D eigenvalue weighted by atomic mass is 19.3. The van der Waals surface area contributed by atoms with Gasteiger partial charge in [-0.3, -0.25) is 9.59 Å². The second-order valence-corrected chi connectivity index (χ2v) is 7.68. The van der Waals surface area contributed by atoms with E-state index in [1.54, 1.807) is 50.4 Å². The normalized spacial score (nSPS) is 11.8. The predicted octanol–water partition coefficient (Wildman–Crippen LogP) is 3.86. The molecule has 0 bridgehead atoms. The third-order valence-corrected chi connectivity index (χ3v) is 4.68. The second kappa shape index (κ2) is 12.6. The summed E-state index contributed by atoms with van der Waals surface area (Å²) in [5.74, 6) is -0.211. The third-order valence-electron chi connectivity index (χ3n) is 4.68. The van der Waals surface area contributed by atoms with Crippen LogP contribution in [0.1, 0.15) is 26.3 Å². The average Bonchev–Trinajstić information content (AvgIpc) is 2.77. The van der Waals surface area contributed by atoms with E-state index in [1.165, 1.54) is 11.0 Å². The van der Waals surface area contributed by atoms with Gasteiger partial charge in [0.1, 0.15) is 11.8 Å². The fourth-order valence-electron chi connectivity index (χ4n) is 3.10. The van der Waals surface area contributed by atoms with Crippen LogP contribution in [0.2, 0.25) is 0 Å². The number of hydrogen-bond acceptors (Lipinski definition) is 5. The van der Waals surface area contributed by atoms with E-state index in [-0.39, 0.29) is 43.1 Å². The number of carbonyl (C=O) groups is 2. The Morgan fingerprint density at radius 2 is 1.73 bits per heavy atom. The number of alkyl halides is 2. The average molecular weight is 465 g/mol. The van der Waals surface area contributed by atoms with Crippen LogP contribution in [-0.4, -0.2) is 49.6 Å². The number of amides is 2. The number of benzene rings is 2. The molecular weight excluding hydrogens is 434 g/mol. The minimum Gasteiger partial charge on any atom is -0.490 e. The maximum Gasteiger partial charge on any atom is 0.387 e. The lowest BCUT2D eigenvalue weighted by Gasteiger charge is -2.27. The Morgan fingerprint density at radius 1 is 1.03 bits per heavy atom. The van der Waals surface area contributed by atoms with Gasteiger partial charge < -0.3 is 24.4 Å². The number of nitrogens with one attached hydrogen (secondary N) is 1. The molecule has 0 saturated heterocycles. The number of hydrogen-bond donors (Lipinski definition) is 1. The summed E-state index contributed by atoms with van der Waals surface area (Å²) in [6, 6.07) is 12.7. The largest absolute Gasteiger partial charge is 0.490 e. The lowest BCUT2D eigenvalue weighted by molar-refractivity contribution is -0.137. The van der Waals surface area contributed by atoms with Gasteiger partial charge >= 0.3 is 6.61 Å². The molecule has 1 unspecified atom stereocenters. The van der Waals surface area contributed by atoms with Crippen molar-refractivity contribution < 1.29 is 32.6 Å². The lowest BCUT2D eigenvalue weighted by Crippen LogP contribution is -2.51. The van der Waals surface area contributed by atoms with E-state index in [2.05, 4.69) is 10.1 Å². The zero-order valence-electron chi connectivity index (χ0n) is 19.2. The van der Waals surface area contributed by atoms with Crippen molar-refractivity contribution in [2.45, 2.75) is 40.0 Å². The van der Waals surface area contributed by atoms with E-state index in [0.29, 0.717) is 11.3 Å². The molecule has 0 saturated carbocycles. The van der Waals surface area contributed by atoms with Gasteiger partial charge in [0.15, 0.2) is 18.1 Å². The van der Waals surface area contributed by atoms with Crippen molar-refractivity contribution in [1.82, 2.24) is 10.2 Å². The maximum absolute atomic E-state index is 13.0. The van der Waals surface area contributed by atoms with Crippen LogP contribution >= 0.6 is 0 Å². The molecule has 0 aliphatic rings. The summed E-state index contributed by atoms with van der Waals surface area (Å²) in [7, 11) is 1.61. The highest BCUT2D eigenvalue weighted by molar-refractivity contribution is 5.88. The number of nitrogens with zero attached hydrogens (tertiary/aromatic N) is 1. The van der Waals surface area contributed by atoms with Crippen LogP contribution in [0.3, 0.4) is 0 Å². The number of para-hydroxylation sites is 1. The Bertz CT molecular complexity index is 909. The highest BCUT2D eigenvalue weighted by Crippen LogP contribution is 2.30. The second-order valence-electron chi connectivity index (χ2n) is 7.68. The summed E-state index contributed by atoms with van der Waals surface area (Å²) in [4.78, 5) is 26.9. The molecule has 1 atom stereocenters. The molecule has 2 aromatic carbocycles. The van der Waals surface area contributed by atoms with Gasteiger partial charge in [0, 0.05) is 13.6 Å². The smallest absolute Gasteiger partial charge is 0.387 e. The van der Waals surface area contributed by atoms with Crippen molar-refractivity contribution in [2.24, 2.45) is 5.92 Å². The number of ether oxygens (including phenoxy) is 3. The van der Waals surface area contributed by atoms with Gasteiger partial charge in [-0.1, -0.05) is 38.1 Å². The van der Waals surface area contributed by atoms with E-state index in [1.807, 2.05) is 19.9 Å². The summed E-state index contributed by atoms with van der Waals surface area (Å²) in [6.07, 6.45) is 0. The first-order valence-electron chi connectivity index (χ1n) is 10.6. The van der Waals surface area contributed by atoms with Gasteiger partial charge in [-0.15, -0.1) is 0 Å². The van der Waals surface area contributed by atoms with Crippen molar-refractivity contribution in [3.63, 3.8) is 0 Å². The Kier molecular flexibility index (Phi) is 9.90. The zero-order valence-corrected chi connectivity index (χ0v) is 19.2. The van der Waals surface area contributed by atoms with Crippen molar-refractivity contribution in [1.29, 1.82) is 0 Å². The highest BCUT2D eigenvalue weighted by Gasteiger charge is 2.27. The first-order valence-corrected chi connectivity index (χ1v) is 10.6. The molecule has 180 valence electrons. The van der Waals surface area contributed by atoms with E-state index >= 15 is 0 Å². The minimum atomic E-state index is -2.97. The first-order chi connectivity index (χ1) is 15.7. The van der Waals surface area contributed by atoms with Gasteiger partial charge in [0.05, 0.1) is 6.61 Å². The Hall–Kier alpha value is -3.36. The summed E-state index contributed by atoms with van der Waals surface area (Å²) in [5.41, 5.74) is 0.664. The third kappa shape index (κ3) is 8.25. The van der Waals surface area contributed by atoms with Gasteiger partial charge in [-0.05, 0) is 42.7 Å². The fourth-order valence-corrected chi connectivity index (χ4v) is 3.10. The standard InChI is InChI=1S/C24H30F2N2O5/c1-5-31-20-13-17(11-12-19(20)33-24(25)26)14-28(4)23(30)22(16(2)3)27-21(29)15-32-18-9-7-6-8-10-18/h6-13,16,22,24H,5,14-15H2,1-4H3,(H,27,29). The SMILES string of the molecule is CCOc1cc(CN(C)C(=O)C(NC(=O)COc2ccccc2)C(C)C)ccc1OC(F)F. The van der Waals surface area contributed by atoms with Crippen LogP contribution in [0.25, 0.3) is 0 Å². The van der Waals surface area contributed by atoms with Crippen molar-refractivity contribution in [2.75, 3.05) is 20.3 Å². The molecule has 1 N–H and O–H groups in total.